The third kappa shape index (κ3) is 6.56. The Bertz CT molecular complexity index is 1210. The average molecular weight is 493 g/mol. The van der Waals surface area contributed by atoms with Crippen molar-refractivity contribution in [3.63, 3.8) is 0 Å². The van der Waals surface area contributed by atoms with E-state index in [-0.39, 0.29) is 51.1 Å². The number of nitrogens with zero attached hydrogens (tertiary/aromatic N) is 4. The highest BCUT2D eigenvalue weighted by Crippen LogP contribution is 2.22. The first-order valence-electron chi connectivity index (χ1n) is 9.11. The van der Waals surface area contributed by atoms with Crippen LogP contribution in [-0.2, 0) is 14.8 Å². The van der Waals surface area contributed by atoms with Crippen molar-refractivity contribution in [2.45, 2.75) is 10.1 Å². The van der Waals surface area contributed by atoms with Gasteiger partial charge in [-0.15, -0.1) is 0 Å². The molecular weight excluding hydrogens is 472 g/mol. The van der Waals surface area contributed by atoms with E-state index >= 15 is 0 Å². The summed E-state index contributed by atoms with van der Waals surface area (Å²) in [5.41, 5.74) is 11.6. The van der Waals surface area contributed by atoms with Crippen LogP contribution in [-0.4, -0.2) is 54.2 Å². The summed E-state index contributed by atoms with van der Waals surface area (Å²) in [4.78, 5) is 27.9. The molecule has 0 saturated heterocycles. The lowest BCUT2D eigenvalue weighted by Gasteiger charge is -2.10. The molecule has 3 aromatic rings. The molecule has 33 heavy (non-hydrogen) atoms. The van der Waals surface area contributed by atoms with Gasteiger partial charge in [-0.3, -0.25) is 9.52 Å². The maximum absolute atomic E-state index is 12.7. The van der Waals surface area contributed by atoms with Gasteiger partial charge in [-0.2, -0.15) is 9.97 Å². The summed E-state index contributed by atoms with van der Waals surface area (Å²) in [7, 11) is -1.25. The predicted octanol–water partition coefficient (Wildman–Crippen LogP) is 0.980. The van der Waals surface area contributed by atoms with Crippen LogP contribution < -0.4 is 31.0 Å². The lowest BCUT2D eigenvalue weighted by atomic mass is 10.3. The first-order chi connectivity index (χ1) is 15.7. The zero-order valence-electron chi connectivity index (χ0n) is 17.5. The Morgan fingerprint density at radius 1 is 1.00 bits per heavy atom. The number of nitrogens with two attached hydrogens (primary N) is 2. The molecule has 15 heteroatoms. The molecule has 6 N–H and O–H groups in total. The zero-order chi connectivity index (χ0) is 24.0. The molecule has 0 saturated carbocycles. The molecule has 1 amide bonds. The van der Waals surface area contributed by atoms with Gasteiger partial charge in [0.25, 0.3) is 10.0 Å². The number of amides is 1. The number of anilines is 4. The standard InChI is InChI=1S/C18H20N8O5S2/c1-30-16-8-14(24-17(25-16)31-2)26-33(28,29)11-5-3-10(4-6-11)21-15(27)9-32-18-22-12(19)7-13(20)23-18/h3-8H,9H2,1-2H3,(H,21,27)(H,24,25,26)(H4,19,20,22,23). The Balaban J connectivity index is 1.63. The number of nitrogen functional groups attached to an aromatic ring is 2. The summed E-state index contributed by atoms with van der Waals surface area (Å²) >= 11 is 1.06. The number of ether oxygens (including phenoxy) is 2. The lowest BCUT2D eigenvalue weighted by molar-refractivity contribution is -0.113. The summed E-state index contributed by atoms with van der Waals surface area (Å²) in [5.74, 6) is 0.157. The largest absolute Gasteiger partial charge is 0.481 e. The Morgan fingerprint density at radius 3 is 2.27 bits per heavy atom. The molecule has 3 rings (SSSR count). The minimum atomic E-state index is -3.97. The monoisotopic (exact) mass is 492 g/mol. The SMILES string of the molecule is COc1cc(NS(=O)(=O)c2ccc(NC(=O)CSc3nc(N)cc(N)n3)cc2)nc(OC)n1. The van der Waals surface area contributed by atoms with E-state index < -0.39 is 10.0 Å². The Labute approximate surface area is 193 Å². The molecule has 0 bridgehead atoms. The van der Waals surface area contributed by atoms with Crippen LogP contribution in [0.15, 0.2) is 46.5 Å². The van der Waals surface area contributed by atoms with E-state index in [9.17, 15) is 13.2 Å². The smallest absolute Gasteiger partial charge is 0.321 e. The molecular formula is C18H20N8O5S2. The normalized spacial score (nSPS) is 11.0. The molecule has 0 aliphatic heterocycles. The summed E-state index contributed by atoms with van der Waals surface area (Å²) in [6.45, 7) is 0. The van der Waals surface area contributed by atoms with Crippen LogP contribution in [0.3, 0.4) is 0 Å². The van der Waals surface area contributed by atoms with Gasteiger partial charge in [0.2, 0.25) is 11.8 Å². The Morgan fingerprint density at radius 2 is 1.67 bits per heavy atom. The fourth-order valence-electron chi connectivity index (χ4n) is 2.42. The second kappa shape index (κ2) is 10.2. The number of rotatable bonds is 9. The molecule has 0 spiro atoms. The van der Waals surface area contributed by atoms with Crippen LogP contribution in [0.25, 0.3) is 0 Å². The maximum Gasteiger partial charge on any atom is 0.321 e. The van der Waals surface area contributed by atoms with Gasteiger partial charge < -0.3 is 26.3 Å². The highest BCUT2D eigenvalue weighted by Gasteiger charge is 2.17. The zero-order valence-corrected chi connectivity index (χ0v) is 19.1. The van der Waals surface area contributed by atoms with Crippen molar-refractivity contribution in [1.29, 1.82) is 0 Å². The number of aromatic nitrogens is 4. The number of sulfonamides is 1. The fourth-order valence-corrected chi connectivity index (χ4v) is 4.08. The summed E-state index contributed by atoms with van der Waals surface area (Å²) in [5, 5.41) is 2.92. The van der Waals surface area contributed by atoms with Crippen molar-refractivity contribution in [1.82, 2.24) is 19.9 Å². The highest BCUT2D eigenvalue weighted by atomic mass is 32.2. The van der Waals surface area contributed by atoms with Gasteiger partial charge in [0, 0.05) is 17.8 Å². The number of methoxy groups -OCH3 is 2. The first kappa shape index (κ1) is 23.8. The van der Waals surface area contributed by atoms with Gasteiger partial charge >= 0.3 is 6.01 Å². The van der Waals surface area contributed by atoms with Crippen LogP contribution in [0.5, 0.6) is 11.9 Å². The Kier molecular flexibility index (Phi) is 7.34. The minimum Gasteiger partial charge on any atom is -0.481 e. The molecule has 0 aliphatic carbocycles. The van der Waals surface area contributed by atoms with E-state index in [2.05, 4.69) is 30.0 Å². The summed E-state index contributed by atoms with van der Waals surface area (Å²) in [6.07, 6.45) is 0. The summed E-state index contributed by atoms with van der Waals surface area (Å²) in [6, 6.07) is 8.23. The van der Waals surface area contributed by atoms with Gasteiger partial charge in [-0.05, 0) is 24.3 Å². The van der Waals surface area contributed by atoms with Crippen LogP contribution in [0.1, 0.15) is 0 Å². The third-order valence-corrected chi connectivity index (χ3v) is 6.06. The second-order valence-corrected chi connectivity index (χ2v) is 8.87. The van der Waals surface area contributed by atoms with Crippen molar-refractivity contribution in [3.05, 3.63) is 36.4 Å². The van der Waals surface area contributed by atoms with E-state index in [4.69, 9.17) is 20.9 Å². The van der Waals surface area contributed by atoms with Crippen molar-refractivity contribution >= 4 is 50.8 Å². The van der Waals surface area contributed by atoms with Crippen molar-refractivity contribution < 1.29 is 22.7 Å². The number of hydrogen-bond donors (Lipinski definition) is 4. The number of hydrogen-bond acceptors (Lipinski definition) is 12. The molecule has 0 radical (unpaired) electrons. The van der Waals surface area contributed by atoms with Crippen molar-refractivity contribution in [2.75, 3.05) is 41.5 Å². The lowest BCUT2D eigenvalue weighted by Crippen LogP contribution is -2.16. The van der Waals surface area contributed by atoms with Gasteiger partial charge in [0.1, 0.15) is 11.6 Å². The fraction of sp³-hybridized carbons (Fsp3) is 0.167. The van der Waals surface area contributed by atoms with Crippen LogP contribution in [0, 0.1) is 0 Å². The van der Waals surface area contributed by atoms with Gasteiger partial charge in [0.15, 0.2) is 11.0 Å². The molecule has 0 unspecified atom stereocenters. The van der Waals surface area contributed by atoms with E-state index in [0.29, 0.717) is 5.69 Å². The van der Waals surface area contributed by atoms with Crippen molar-refractivity contribution in [3.8, 4) is 11.9 Å². The van der Waals surface area contributed by atoms with E-state index in [1.54, 1.807) is 0 Å². The molecule has 0 aliphatic rings. The number of carbonyl (C=O) groups excluding carboxylic acids is 1. The van der Waals surface area contributed by atoms with Crippen LogP contribution in [0.2, 0.25) is 0 Å². The number of benzene rings is 1. The first-order valence-corrected chi connectivity index (χ1v) is 11.6. The van der Waals surface area contributed by atoms with E-state index in [1.807, 2.05) is 0 Å². The van der Waals surface area contributed by atoms with Gasteiger partial charge in [-0.1, -0.05) is 11.8 Å². The number of nitrogens with one attached hydrogen (secondary N) is 2. The quantitative estimate of drug-likeness (QED) is 0.244. The molecule has 13 nitrogen and oxygen atoms in total. The molecule has 2 aromatic heterocycles. The van der Waals surface area contributed by atoms with Crippen molar-refractivity contribution in [2.24, 2.45) is 0 Å². The maximum atomic E-state index is 12.7. The number of thioether (sulfide) groups is 1. The highest BCUT2D eigenvalue weighted by molar-refractivity contribution is 7.99. The topological polar surface area (TPSA) is 197 Å². The second-order valence-electron chi connectivity index (χ2n) is 6.25. The Hall–Kier alpha value is -3.85. The minimum absolute atomic E-state index is 0.00186. The summed E-state index contributed by atoms with van der Waals surface area (Å²) < 4.78 is 37.6. The van der Waals surface area contributed by atoms with Gasteiger partial charge in [-0.25, -0.2) is 18.4 Å². The predicted molar refractivity (Wildman–Crippen MR) is 123 cm³/mol. The van der Waals surface area contributed by atoms with Gasteiger partial charge in [0.05, 0.1) is 24.9 Å². The van der Waals surface area contributed by atoms with Crippen LogP contribution >= 0.6 is 11.8 Å². The molecule has 174 valence electrons. The van der Waals surface area contributed by atoms with E-state index in [1.165, 1.54) is 50.6 Å². The molecule has 0 atom stereocenters. The number of carbonyl (C=O) groups is 1. The molecule has 2 heterocycles. The average Bonchev–Trinajstić information content (AvgIpc) is 2.77. The third-order valence-electron chi connectivity index (χ3n) is 3.84. The molecule has 0 fully saturated rings. The molecule has 1 aromatic carbocycles. The van der Waals surface area contributed by atoms with Crippen LogP contribution in [0.4, 0.5) is 23.1 Å². The van der Waals surface area contributed by atoms with E-state index in [0.717, 1.165) is 11.8 Å².